The third kappa shape index (κ3) is 3.68. The van der Waals surface area contributed by atoms with E-state index in [1.807, 2.05) is 6.07 Å². The molecule has 3 aromatic heterocycles. The van der Waals surface area contributed by atoms with Crippen molar-refractivity contribution in [2.24, 2.45) is 0 Å². The molecule has 0 aliphatic carbocycles. The lowest BCUT2D eigenvalue weighted by Crippen LogP contribution is -2.20. The molecule has 0 aliphatic rings. The highest BCUT2D eigenvalue weighted by atomic mass is 79.9. The number of amides is 1. The lowest BCUT2D eigenvalue weighted by atomic mass is 10.2. The van der Waals surface area contributed by atoms with Crippen LogP contribution in [-0.2, 0) is 0 Å². The fourth-order valence-electron chi connectivity index (χ4n) is 2.36. The van der Waals surface area contributed by atoms with Crippen LogP contribution in [0.15, 0.2) is 60.9 Å². The minimum atomic E-state index is -0.736. The average Bonchev–Trinajstić information content (AvgIpc) is 3.11. The maximum absolute atomic E-state index is 12.5. The van der Waals surface area contributed by atoms with E-state index in [0.717, 1.165) is 10.0 Å². The number of carbonyl (C=O) groups excluding carboxylic acids is 1. The Labute approximate surface area is 172 Å². The summed E-state index contributed by atoms with van der Waals surface area (Å²) in [6.45, 7) is 0. The Kier molecular flexibility index (Phi) is 4.85. The number of pyridine rings is 1. The van der Waals surface area contributed by atoms with Crippen LogP contribution >= 0.6 is 43.2 Å². The normalized spacial score (nSPS) is 10.9. The van der Waals surface area contributed by atoms with Gasteiger partial charge < -0.3 is 4.42 Å². The Bertz CT molecular complexity index is 1220. The van der Waals surface area contributed by atoms with Crippen LogP contribution in [0.5, 0.6) is 0 Å². The molecule has 0 spiro atoms. The van der Waals surface area contributed by atoms with Gasteiger partial charge in [0, 0.05) is 27.8 Å². The molecule has 0 unspecified atom stereocenters. The van der Waals surface area contributed by atoms with E-state index < -0.39 is 11.5 Å². The summed E-state index contributed by atoms with van der Waals surface area (Å²) in [5.74, 6) is -0.615. The van der Waals surface area contributed by atoms with E-state index in [0.29, 0.717) is 20.4 Å². The first-order valence-electron chi connectivity index (χ1n) is 7.49. The average molecular weight is 508 g/mol. The van der Waals surface area contributed by atoms with Crippen LogP contribution < -0.4 is 10.9 Å². The van der Waals surface area contributed by atoms with Gasteiger partial charge in [-0.15, -0.1) is 10.2 Å². The van der Waals surface area contributed by atoms with Crippen molar-refractivity contribution in [3.05, 3.63) is 67.7 Å². The second-order valence-corrected chi connectivity index (χ2v) is 8.11. The maximum Gasteiger partial charge on any atom is 0.349 e. The van der Waals surface area contributed by atoms with Gasteiger partial charge in [-0.2, -0.15) is 0 Å². The summed E-state index contributed by atoms with van der Waals surface area (Å²) in [6.07, 6.45) is 3.31. The summed E-state index contributed by atoms with van der Waals surface area (Å²) < 4.78 is 6.68. The van der Waals surface area contributed by atoms with Crippen molar-refractivity contribution in [3.63, 3.8) is 0 Å². The van der Waals surface area contributed by atoms with Gasteiger partial charge in [0.1, 0.15) is 5.56 Å². The Morgan fingerprint density at radius 2 is 2.04 bits per heavy atom. The number of fused-ring (bicyclic) bond motifs is 1. The molecule has 4 rings (SSSR count). The summed E-state index contributed by atoms with van der Waals surface area (Å²) in [5.41, 5.74) is 0.301. The first-order valence-corrected chi connectivity index (χ1v) is 9.89. The number of nitrogens with one attached hydrogen (secondary N) is 1. The molecular formula is C17H8Br2N4O3S. The van der Waals surface area contributed by atoms with Crippen LogP contribution in [0.25, 0.3) is 21.5 Å². The highest BCUT2D eigenvalue weighted by Gasteiger charge is 2.17. The fraction of sp³-hybridized carbons (Fsp3) is 0. The number of hydrogen-bond donors (Lipinski definition) is 1. The minimum Gasteiger partial charge on any atom is -0.421 e. The van der Waals surface area contributed by atoms with Gasteiger partial charge in [0.05, 0.1) is 4.47 Å². The molecule has 1 amide bonds. The molecule has 4 aromatic rings. The van der Waals surface area contributed by atoms with Gasteiger partial charge in [-0.05, 0) is 46.3 Å². The molecule has 3 heterocycles. The zero-order chi connectivity index (χ0) is 19.0. The van der Waals surface area contributed by atoms with Crippen molar-refractivity contribution in [1.29, 1.82) is 0 Å². The molecule has 27 heavy (non-hydrogen) atoms. The molecule has 0 aliphatic heterocycles. The summed E-state index contributed by atoms with van der Waals surface area (Å²) in [6, 6.07) is 8.62. The summed E-state index contributed by atoms with van der Waals surface area (Å²) in [5, 5.41) is 12.0. The standard InChI is InChI=1S/C17H8Br2N4O3S/c18-10-4-9-5-11(16(25)26-13(9)12(19)6-10)14(24)21-17-23-22-15(27-17)8-2-1-3-20-7-8/h1-7H,(H,21,23,24). The van der Waals surface area contributed by atoms with Gasteiger partial charge in [-0.3, -0.25) is 15.1 Å². The summed E-state index contributed by atoms with van der Waals surface area (Å²) >= 11 is 7.89. The van der Waals surface area contributed by atoms with Gasteiger partial charge in [0.15, 0.2) is 10.6 Å². The van der Waals surface area contributed by atoms with Crippen LogP contribution in [0.4, 0.5) is 5.13 Å². The SMILES string of the molecule is O=C(Nc1nnc(-c2cccnc2)s1)c1cc2cc(Br)cc(Br)c2oc1=O. The molecule has 134 valence electrons. The Balaban J connectivity index is 1.65. The highest BCUT2D eigenvalue weighted by Crippen LogP contribution is 2.29. The molecule has 0 atom stereocenters. The molecule has 1 N–H and O–H groups in total. The van der Waals surface area contributed by atoms with Crippen LogP contribution in [0.1, 0.15) is 10.4 Å². The van der Waals surface area contributed by atoms with Crippen molar-refractivity contribution in [3.8, 4) is 10.6 Å². The van der Waals surface area contributed by atoms with Gasteiger partial charge in [-0.1, -0.05) is 27.3 Å². The van der Waals surface area contributed by atoms with E-state index in [1.165, 1.54) is 17.4 Å². The summed E-state index contributed by atoms with van der Waals surface area (Å²) in [7, 11) is 0. The molecule has 1 aromatic carbocycles. The fourth-order valence-corrected chi connectivity index (χ4v) is 4.43. The van der Waals surface area contributed by atoms with Gasteiger partial charge in [-0.25, -0.2) is 4.79 Å². The molecule has 0 fully saturated rings. The van der Waals surface area contributed by atoms with E-state index in [1.54, 1.807) is 30.6 Å². The van der Waals surface area contributed by atoms with E-state index in [2.05, 4.69) is 52.4 Å². The van der Waals surface area contributed by atoms with Gasteiger partial charge in [0.25, 0.3) is 5.91 Å². The van der Waals surface area contributed by atoms with Crippen molar-refractivity contribution in [2.75, 3.05) is 5.32 Å². The Morgan fingerprint density at radius 1 is 1.19 bits per heavy atom. The second-order valence-electron chi connectivity index (χ2n) is 5.36. The predicted octanol–water partition coefficient (Wildman–Crippen LogP) is 4.48. The van der Waals surface area contributed by atoms with Crippen molar-refractivity contribution in [1.82, 2.24) is 15.2 Å². The summed E-state index contributed by atoms with van der Waals surface area (Å²) in [4.78, 5) is 28.8. The molecule has 10 heteroatoms. The van der Waals surface area contributed by atoms with E-state index in [-0.39, 0.29) is 10.7 Å². The third-order valence-corrected chi connectivity index (χ3v) is 5.48. The minimum absolute atomic E-state index is 0.120. The van der Waals surface area contributed by atoms with Crippen LogP contribution in [0, 0.1) is 0 Å². The first-order chi connectivity index (χ1) is 13.0. The number of nitrogens with zero attached hydrogens (tertiary/aromatic N) is 3. The number of carbonyl (C=O) groups is 1. The molecule has 0 saturated carbocycles. The molecule has 0 radical (unpaired) electrons. The van der Waals surface area contributed by atoms with Crippen molar-refractivity contribution in [2.45, 2.75) is 0 Å². The van der Waals surface area contributed by atoms with E-state index >= 15 is 0 Å². The molecular weight excluding hydrogens is 500 g/mol. The zero-order valence-corrected chi connectivity index (χ0v) is 17.3. The largest absolute Gasteiger partial charge is 0.421 e. The number of rotatable bonds is 3. The Hall–Kier alpha value is -2.43. The monoisotopic (exact) mass is 506 g/mol. The smallest absolute Gasteiger partial charge is 0.349 e. The number of benzene rings is 1. The second kappa shape index (κ2) is 7.29. The van der Waals surface area contributed by atoms with Crippen LogP contribution in [0.2, 0.25) is 0 Å². The molecule has 7 nitrogen and oxygen atoms in total. The molecule has 0 saturated heterocycles. The van der Waals surface area contributed by atoms with Gasteiger partial charge >= 0.3 is 5.63 Å². The highest BCUT2D eigenvalue weighted by molar-refractivity contribution is 9.11. The predicted molar refractivity (Wildman–Crippen MR) is 109 cm³/mol. The lowest BCUT2D eigenvalue weighted by Gasteiger charge is -2.04. The van der Waals surface area contributed by atoms with Gasteiger partial charge in [0.2, 0.25) is 5.13 Å². The first kappa shape index (κ1) is 18.0. The van der Waals surface area contributed by atoms with Crippen LogP contribution in [0.3, 0.4) is 0 Å². The maximum atomic E-state index is 12.5. The Morgan fingerprint density at radius 3 is 2.81 bits per heavy atom. The van der Waals surface area contributed by atoms with Crippen molar-refractivity contribution < 1.29 is 9.21 Å². The third-order valence-electron chi connectivity index (χ3n) is 3.55. The molecule has 0 bridgehead atoms. The number of hydrogen-bond acceptors (Lipinski definition) is 7. The van der Waals surface area contributed by atoms with E-state index in [9.17, 15) is 9.59 Å². The zero-order valence-electron chi connectivity index (χ0n) is 13.3. The lowest BCUT2D eigenvalue weighted by molar-refractivity contribution is 0.102. The number of anilines is 1. The van der Waals surface area contributed by atoms with E-state index in [4.69, 9.17) is 4.42 Å². The number of aromatic nitrogens is 3. The van der Waals surface area contributed by atoms with Crippen molar-refractivity contribution >= 4 is 65.2 Å². The topological polar surface area (TPSA) is 98.0 Å². The van der Waals surface area contributed by atoms with Crippen LogP contribution in [-0.4, -0.2) is 21.1 Å². The quantitative estimate of drug-likeness (QED) is 0.410. The number of halogens is 2.